The first-order chi connectivity index (χ1) is 12.1. The van der Waals surface area contributed by atoms with Crippen molar-refractivity contribution >= 4 is 31.6 Å². The molecule has 0 fully saturated rings. The molecule has 1 N–H and O–H groups in total. The Morgan fingerprint density at radius 1 is 1.04 bits per heavy atom. The van der Waals surface area contributed by atoms with Crippen molar-refractivity contribution in [2.24, 2.45) is 15.3 Å². The van der Waals surface area contributed by atoms with Gasteiger partial charge in [-0.15, -0.1) is 5.11 Å². The molecule has 0 heterocycles. The number of phenolic OH excluding ortho intramolecular Hbond substituents is 1. The molecular formula is C16H11N5O3S. The summed E-state index contributed by atoms with van der Waals surface area (Å²) >= 11 is 0. The number of hydrogen-bond donors (Lipinski definition) is 1. The molecule has 0 bridgehead atoms. The van der Waals surface area contributed by atoms with Crippen LogP contribution in [0.5, 0.6) is 5.75 Å². The standard InChI is InChI=1S/C16H11N5O3S/c17-21-20-15-9-10(25(23)24)5-6-14(15)19-18-13-7-8-16(22)12-4-2-1-3-11(12)13/h1-8,22H,9H2. The lowest BCUT2D eigenvalue weighted by Crippen LogP contribution is -2.03. The van der Waals surface area contributed by atoms with Crippen LogP contribution < -0.4 is 0 Å². The summed E-state index contributed by atoms with van der Waals surface area (Å²) in [5, 5.41) is 23.0. The first-order valence-corrected chi connectivity index (χ1v) is 8.21. The number of fused-ring (bicyclic) bond motifs is 1. The zero-order valence-electron chi connectivity index (χ0n) is 12.7. The van der Waals surface area contributed by atoms with Gasteiger partial charge in [0.15, 0.2) is 0 Å². The average molecular weight is 353 g/mol. The van der Waals surface area contributed by atoms with E-state index in [0.29, 0.717) is 16.5 Å². The van der Waals surface area contributed by atoms with E-state index in [1.165, 1.54) is 18.2 Å². The smallest absolute Gasteiger partial charge is 0.217 e. The quantitative estimate of drug-likeness (QED) is 0.385. The van der Waals surface area contributed by atoms with Gasteiger partial charge in [0.1, 0.15) is 5.75 Å². The van der Waals surface area contributed by atoms with E-state index >= 15 is 0 Å². The number of benzene rings is 2. The molecule has 1 aliphatic carbocycles. The van der Waals surface area contributed by atoms with Gasteiger partial charge in [-0.3, -0.25) is 0 Å². The van der Waals surface area contributed by atoms with Crippen LogP contribution >= 0.6 is 0 Å². The highest BCUT2D eigenvalue weighted by Gasteiger charge is 2.13. The van der Waals surface area contributed by atoms with Crippen molar-refractivity contribution in [1.29, 1.82) is 0 Å². The predicted octanol–water partition coefficient (Wildman–Crippen LogP) is 4.16. The van der Waals surface area contributed by atoms with Gasteiger partial charge in [-0.25, -0.2) is 0 Å². The van der Waals surface area contributed by atoms with Gasteiger partial charge in [0.2, 0.25) is 10.3 Å². The molecule has 124 valence electrons. The number of aromatic hydroxyl groups is 1. The van der Waals surface area contributed by atoms with Gasteiger partial charge in [-0.1, -0.05) is 29.4 Å². The van der Waals surface area contributed by atoms with Crippen molar-refractivity contribution in [2.75, 3.05) is 0 Å². The topological polar surface area (TPSA) is 128 Å². The number of allylic oxidation sites excluding steroid dienone is 3. The monoisotopic (exact) mass is 353 g/mol. The maximum atomic E-state index is 11.0. The van der Waals surface area contributed by atoms with Crippen LogP contribution in [0.2, 0.25) is 0 Å². The molecule has 9 heteroatoms. The average Bonchev–Trinajstić information content (AvgIpc) is 2.62. The van der Waals surface area contributed by atoms with E-state index in [9.17, 15) is 13.5 Å². The molecule has 2 aromatic carbocycles. The van der Waals surface area contributed by atoms with E-state index in [4.69, 9.17) is 5.53 Å². The van der Waals surface area contributed by atoms with Crippen LogP contribution in [-0.2, 0) is 10.3 Å². The third kappa shape index (κ3) is 3.42. The molecule has 2 aromatic rings. The van der Waals surface area contributed by atoms with Crippen molar-refractivity contribution in [3.63, 3.8) is 0 Å². The Hall–Kier alpha value is -3.42. The SMILES string of the molecule is [N-]=[N+]=NC1=C(N=Nc2ccc(O)c3ccccc23)C=CC(=S(=O)=O)C1. The van der Waals surface area contributed by atoms with E-state index < -0.39 is 10.3 Å². The molecule has 0 saturated carbocycles. The summed E-state index contributed by atoms with van der Waals surface area (Å²) in [7, 11) is -2.39. The van der Waals surface area contributed by atoms with Crippen molar-refractivity contribution in [3.8, 4) is 5.75 Å². The first kappa shape index (κ1) is 16.4. The number of hydrogen-bond acceptors (Lipinski definition) is 6. The Morgan fingerprint density at radius 3 is 2.52 bits per heavy atom. The lowest BCUT2D eigenvalue weighted by molar-refractivity contribution is 0.481. The van der Waals surface area contributed by atoms with Gasteiger partial charge < -0.3 is 5.11 Å². The number of azide groups is 1. The second-order valence-electron chi connectivity index (χ2n) is 5.08. The van der Waals surface area contributed by atoms with E-state index in [0.717, 1.165) is 0 Å². The molecule has 0 unspecified atom stereocenters. The van der Waals surface area contributed by atoms with Gasteiger partial charge in [-0.2, -0.15) is 13.5 Å². The van der Waals surface area contributed by atoms with Gasteiger partial charge in [0.25, 0.3) is 0 Å². The molecule has 0 aliphatic heterocycles. The second kappa shape index (κ2) is 7.00. The molecule has 0 atom stereocenters. The number of rotatable bonds is 3. The molecule has 1 aliphatic rings. The fourth-order valence-electron chi connectivity index (χ4n) is 2.39. The summed E-state index contributed by atoms with van der Waals surface area (Å²) < 4.78 is 22.1. The van der Waals surface area contributed by atoms with E-state index in [2.05, 4.69) is 20.3 Å². The zero-order valence-corrected chi connectivity index (χ0v) is 13.6. The third-order valence-electron chi connectivity index (χ3n) is 3.59. The van der Waals surface area contributed by atoms with Gasteiger partial charge >= 0.3 is 0 Å². The molecule has 25 heavy (non-hydrogen) atoms. The highest BCUT2D eigenvalue weighted by molar-refractivity contribution is 7.73. The number of phenols is 1. The second-order valence-corrected chi connectivity index (χ2v) is 6.08. The number of azo groups is 1. The predicted molar refractivity (Wildman–Crippen MR) is 94.0 cm³/mol. The maximum Gasteiger partial charge on any atom is 0.217 e. The highest BCUT2D eigenvalue weighted by Crippen LogP contribution is 2.33. The Labute approximate surface area is 143 Å². The minimum absolute atomic E-state index is 0.0403. The largest absolute Gasteiger partial charge is 0.507 e. The lowest BCUT2D eigenvalue weighted by Gasteiger charge is -2.08. The molecule has 0 saturated heterocycles. The summed E-state index contributed by atoms with van der Waals surface area (Å²) in [4.78, 5) is 2.81. The van der Waals surface area contributed by atoms with Gasteiger partial charge in [-0.05, 0) is 29.8 Å². The van der Waals surface area contributed by atoms with E-state index in [1.54, 1.807) is 24.3 Å². The van der Waals surface area contributed by atoms with Crippen molar-refractivity contribution < 1.29 is 13.5 Å². The Balaban J connectivity index is 2.06. The van der Waals surface area contributed by atoms with Crippen LogP contribution in [0.1, 0.15) is 6.42 Å². The van der Waals surface area contributed by atoms with Crippen LogP contribution in [0.3, 0.4) is 0 Å². The molecule has 8 nitrogen and oxygen atoms in total. The molecule has 0 spiro atoms. The van der Waals surface area contributed by atoms with Crippen LogP contribution in [0.15, 0.2) is 75.3 Å². The Morgan fingerprint density at radius 2 is 1.80 bits per heavy atom. The first-order valence-electron chi connectivity index (χ1n) is 7.14. The fourth-order valence-corrected chi connectivity index (χ4v) is 2.82. The Kier molecular flexibility index (Phi) is 4.60. The summed E-state index contributed by atoms with van der Waals surface area (Å²) in [6.45, 7) is 0. The van der Waals surface area contributed by atoms with Gasteiger partial charge in [0, 0.05) is 27.8 Å². The lowest BCUT2D eigenvalue weighted by atomic mass is 10.1. The number of nitrogens with zero attached hydrogens (tertiary/aromatic N) is 5. The summed E-state index contributed by atoms with van der Waals surface area (Å²) in [5.74, 6) is 0.137. The fraction of sp³-hybridized carbons (Fsp3) is 0.0625. The van der Waals surface area contributed by atoms with Crippen LogP contribution in [0.25, 0.3) is 21.2 Å². The summed E-state index contributed by atoms with van der Waals surface area (Å²) in [6.07, 6.45) is 2.79. The molecule has 0 radical (unpaired) electrons. The Bertz CT molecular complexity index is 1130. The normalized spacial score (nSPS) is 14.2. The molecule has 0 amide bonds. The molecule has 3 rings (SSSR count). The summed E-state index contributed by atoms with van der Waals surface area (Å²) in [6, 6.07) is 10.3. The van der Waals surface area contributed by atoms with Crippen LogP contribution in [0, 0.1) is 0 Å². The molecule has 0 aromatic heterocycles. The van der Waals surface area contributed by atoms with E-state index in [1.807, 2.05) is 6.07 Å². The van der Waals surface area contributed by atoms with E-state index in [-0.39, 0.29) is 28.4 Å². The van der Waals surface area contributed by atoms with Crippen LogP contribution in [0.4, 0.5) is 5.69 Å². The maximum absolute atomic E-state index is 11.0. The van der Waals surface area contributed by atoms with Crippen molar-refractivity contribution in [3.05, 3.63) is 70.4 Å². The zero-order chi connectivity index (χ0) is 17.8. The highest BCUT2D eigenvalue weighted by atomic mass is 32.2. The van der Waals surface area contributed by atoms with Crippen LogP contribution in [-0.4, -0.2) is 18.4 Å². The minimum Gasteiger partial charge on any atom is -0.507 e. The summed E-state index contributed by atoms with van der Waals surface area (Å²) in [5.41, 5.74) is 9.64. The minimum atomic E-state index is -2.39. The molecular weight excluding hydrogens is 342 g/mol. The van der Waals surface area contributed by atoms with Crippen molar-refractivity contribution in [2.45, 2.75) is 6.42 Å². The van der Waals surface area contributed by atoms with Gasteiger partial charge in [0.05, 0.1) is 16.2 Å². The third-order valence-corrected chi connectivity index (χ3v) is 4.30. The van der Waals surface area contributed by atoms with Crippen molar-refractivity contribution in [1.82, 2.24) is 0 Å².